The van der Waals surface area contributed by atoms with Crippen molar-refractivity contribution in [2.45, 2.75) is 33.0 Å². The first-order valence-electron chi connectivity index (χ1n) is 8.40. The van der Waals surface area contributed by atoms with Gasteiger partial charge in [-0.05, 0) is 37.6 Å². The summed E-state index contributed by atoms with van der Waals surface area (Å²) in [6.07, 6.45) is 0.671. The van der Waals surface area contributed by atoms with Crippen molar-refractivity contribution in [1.82, 2.24) is 0 Å². The summed E-state index contributed by atoms with van der Waals surface area (Å²) in [5.41, 5.74) is 1.74. The van der Waals surface area contributed by atoms with E-state index in [0.717, 1.165) is 28.4 Å². The maximum atomic E-state index is 12.3. The zero-order valence-electron chi connectivity index (χ0n) is 15.3. The summed E-state index contributed by atoms with van der Waals surface area (Å²) in [6, 6.07) is 7.52. The van der Waals surface area contributed by atoms with Gasteiger partial charge in [0.1, 0.15) is 11.7 Å². The van der Waals surface area contributed by atoms with E-state index in [9.17, 15) is 4.79 Å². The number of hydrogen-bond donors (Lipinski definition) is 0. The Morgan fingerprint density at radius 1 is 1.25 bits per heavy atom. The lowest BCUT2D eigenvalue weighted by molar-refractivity contribution is -0.870. The van der Waals surface area contributed by atoms with Crippen LogP contribution < -0.4 is 0 Å². The van der Waals surface area contributed by atoms with Crippen molar-refractivity contribution in [3.8, 4) is 0 Å². The largest absolute Gasteiger partial charge is 0.457 e. The number of furan rings is 1. The molecule has 0 aliphatic rings. The Kier molecular flexibility index (Phi) is 6.02. The molecule has 1 aromatic carbocycles. The molecule has 0 saturated heterocycles. The molecule has 0 aliphatic heterocycles. The Morgan fingerprint density at radius 3 is 2.67 bits per heavy atom. The molecule has 0 N–H and O–H groups in total. The van der Waals surface area contributed by atoms with Crippen LogP contribution in [0.5, 0.6) is 0 Å². The Hall–Kier alpha value is -1.85. The maximum absolute atomic E-state index is 12.3. The lowest BCUT2D eigenvalue weighted by Crippen LogP contribution is -2.37. The molecule has 0 fully saturated rings. The van der Waals surface area contributed by atoms with Gasteiger partial charge in [-0.3, -0.25) is 0 Å². The summed E-state index contributed by atoms with van der Waals surface area (Å²) in [7, 11) is 6.36. The molecule has 1 atom stereocenters. The Balaban J connectivity index is 2.01. The smallest absolute Gasteiger partial charge is 0.374 e. The van der Waals surface area contributed by atoms with E-state index in [0.29, 0.717) is 18.8 Å². The van der Waals surface area contributed by atoms with Gasteiger partial charge in [-0.2, -0.15) is 0 Å². The monoisotopic (exact) mass is 334 g/mol. The predicted octanol–water partition coefficient (Wildman–Crippen LogP) is 3.61. The van der Waals surface area contributed by atoms with E-state index in [4.69, 9.17) is 13.9 Å². The van der Waals surface area contributed by atoms with Crippen molar-refractivity contribution in [2.24, 2.45) is 0 Å². The van der Waals surface area contributed by atoms with Crippen LogP contribution in [0.1, 0.15) is 36.4 Å². The lowest BCUT2D eigenvalue weighted by Gasteiger charge is -2.25. The van der Waals surface area contributed by atoms with Gasteiger partial charge < -0.3 is 18.4 Å². The van der Waals surface area contributed by atoms with E-state index in [1.807, 2.05) is 32.0 Å². The molecule has 1 heterocycles. The number of hydrogen-bond acceptors (Lipinski definition) is 4. The molecule has 24 heavy (non-hydrogen) atoms. The maximum Gasteiger partial charge on any atom is 0.374 e. The van der Waals surface area contributed by atoms with E-state index >= 15 is 0 Å². The Morgan fingerprint density at radius 2 is 2.00 bits per heavy atom. The Bertz CT molecular complexity index is 684. The Labute approximate surface area is 143 Å². The molecule has 0 amide bonds. The van der Waals surface area contributed by atoms with Gasteiger partial charge in [0.2, 0.25) is 5.76 Å². The van der Waals surface area contributed by atoms with Gasteiger partial charge in [-0.1, -0.05) is 6.07 Å². The second-order valence-electron chi connectivity index (χ2n) is 7.14. The SMILES string of the molecule is CCOCc1ccc2oc(C(=O)O[C@@H](C)CC[N+](C)(C)C)cc2c1. The minimum absolute atomic E-state index is 0.142. The summed E-state index contributed by atoms with van der Waals surface area (Å²) in [4.78, 5) is 12.3. The highest BCUT2D eigenvalue weighted by Crippen LogP contribution is 2.22. The van der Waals surface area contributed by atoms with Crippen LogP contribution in [0.3, 0.4) is 0 Å². The second kappa shape index (κ2) is 7.81. The number of fused-ring (bicyclic) bond motifs is 1. The first kappa shape index (κ1) is 18.5. The second-order valence-corrected chi connectivity index (χ2v) is 7.14. The van der Waals surface area contributed by atoms with E-state index < -0.39 is 5.97 Å². The summed E-state index contributed by atoms with van der Waals surface area (Å²) >= 11 is 0. The topological polar surface area (TPSA) is 48.7 Å². The lowest BCUT2D eigenvalue weighted by atomic mass is 10.2. The molecule has 0 radical (unpaired) electrons. The molecule has 0 bridgehead atoms. The van der Waals surface area contributed by atoms with Gasteiger partial charge >= 0.3 is 5.97 Å². The minimum Gasteiger partial charge on any atom is -0.457 e. The highest BCUT2D eigenvalue weighted by molar-refractivity contribution is 5.92. The first-order chi connectivity index (χ1) is 11.3. The molecule has 132 valence electrons. The van der Waals surface area contributed by atoms with E-state index in [2.05, 4.69) is 21.1 Å². The highest BCUT2D eigenvalue weighted by atomic mass is 16.6. The number of carbonyl (C=O) groups excluding carboxylic acids is 1. The van der Waals surface area contributed by atoms with Crippen LogP contribution in [0.4, 0.5) is 0 Å². The number of esters is 1. The van der Waals surface area contributed by atoms with E-state index in [-0.39, 0.29) is 11.9 Å². The van der Waals surface area contributed by atoms with Crippen molar-refractivity contribution in [1.29, 1.82) is 0 Å². The molecule has 0 unspecified atom stereocenters. The van der Waals surface area contributed by atoms with Crippen LogP contribution in [0.15, 0.2) is 28.7 Å². The zero-order chi connectivity index (χ0) is 17.7. The van der Waals surface area contributed by atoms with Crippen molar-refractivity contribution in [3.63, 3.8) is 0 Å². The van der Waals surface area contributed by atoms with Crippen LogP contribution in [0.25, 0.3) is 11.0 Å². The summed E-state index contributed by atoms with van der Waals surface area (Å²) in [6.45, 7) is 6.04. The number of rotatable bonds is 8. The molecule has 0 spiro atoms. The van der Waals surface area contributed by atoms with E-state index in [1.54, 1.807) is 6.07 Å². The fourth-order valence-corrected chi connectivity index (χ4v) is 2.37. The first-order valence-corrected chi connectivity index (χ1v) is 8.40. The third kappa shape index (κ3) is 5.35. The van der Waals surface area contributed by atoms with Gasteiger partial charge in [0.15, 0.2) is 0 Å². The third-order valence-electron chi connectivity index (χ3n) is 3.77. The summed E-state index contributed by atoms with van der Waals surface area (Å²) in [5.74, 6) is -0.165. The van der Waals surface area contributed by atoms with Gasteiger partial charge in [-0.15, -0.1) is 0 Å². The molecule has 0 saturated carbocycles. The van der Waals surface area contributed by atoms with Crippen molar-refractivity contribution in [3.05, 3.63) is 35.6 Å². The fourth-order valence-electron chi connectivity index (χ4n) is 2.37. The fraction of sp³-hybridized carbons (Fsp3) is 0.526. The number of carbonyl (C=O) groups is 1. The molecule has 2 rings (SSSR count). The number of nitrogens with zero attached hydrogens (tertiary/aromatic N) is 1. The van der Waals surface area contributed by atoms with E-state index in [1.165, 1.54) is 0 Å². The molecule has 5 heteroatoms. The van der Waals surface area contributed by atoms with Crippen LogP contribution >= 0.6 is 0 Å². The van der Waals surface area contributed by atoms with Crippen LogP contribution in [-0.4, -0.2) is 50.9 Å². The number of benzene rings is 1. The summed E-state index contributed by atoms with van der Waals surface area (Å²) < 4.78 is 17.4. The van der Waals surface area contributed by atoms with Gasteiger partial charge in [-0.25, -0.2) is 4.79 Å². The minimum atomic E-state index is -0.411. The molecule has 2 aromatic rings. The zero-order valence-corrected chi connectivity index (χ0v) is 15.3. The normalized spacial score (nSPS) is 13.2. The van der Waals surface area contributed by atoms with Gasteiger partial charge in [0.25, 0.3) is 0 Å². The standard InChI is InChI=1S/C19H28NO4/c1-6-22-13-15-7-8-17-16(11-15)12-18(24-17)19(21)23-14(2)9-10-20(3,4)5/h7-8,11-12,14H,6,9-10,13H2,1-5H3/q+1/t14-/m0/s1. The molecule has 5 nitrogen and oxygen atoms in total. The highest BCUT2D eigenvalue weighted by Gasteiger charge is 2.19. The summed E-state index contributed by atoms with van der Waals surface area (Å²) in [5, 5.41) is 0.887. The quantitative estimate of drug-likeness (QED) is 0.546. The van der Waals surface area contributed by atoms with Crippen molar-refractivity contribution >= 4 is 16.9 Å². The number of quaternary nitrogens is 1. The van der Waals surface area contributed by atoms with Crippen LogP contribution in [-0.2, 0) is 16.1 Å². The van der Waals surface area contributed by atoms with Crippen molar-refractivity contribution in [2.75, 3.05) is 34.3 Å². The van der Waals surface area contributed by atoms with Crippen molar-refractivity contribution < 1.29 is 23.2 Å². The number of ether oxygens (including phenoxy) is 2. The molecule has 1 aromatic heterocycles. The van der Waals surface area contributed by atoms with Crippen LogP contribution in [0.2, 0.25) is 0 Å². The average molecular weight is 334 g/mol. The predicted molar refractivity (Wildman–Crippen MR) is 93.9 cm³/mol. The van der Waals surface area contributed by atoms with Gasteiger partial charge in [0, 0.05) is 18.4 Å². The average Bonchev–Trinajstić information content (AvgIpc) is 2.93. The van der Waals surface area contributed by atoms with Gasteiger partial charge in [0.05, 0.1) is 34.3 Å². The third-order valence-corrected chi connectivity index (χ3v) is 3.77. The molecular weight excluding hydrogens is 306 g/mol. The van der Waals surface area contributed by atoms with Crippen LogP contribution in [0, 0.1) is 0 Å². The molecule has 0 aliphatic carbocycles. The molecular formula is C19H28NO4+.